The van der Waals surface area contributed by atoms with Gasteiger partial charge in [0, 0.05) is 43.6 Å². The molecule has 0 atom stereocenters. The average molecular weight is 475 g/mol. The molecule has 7 nitrogen and oxygen atoms in total. The summed E-state index contributed by atoms with van der Waals surface area (Å²) < 4.78 is 52.3. The van der Waals surface area contributed by atoms with Gasteiger partial charge in [-0.05, 0) is 54.6 Å². The number of carbonyl (C=O) groups excluding carboxylic acids is 2. The summed E-state index contributed by atoms with van der Waals surface area (Å²) in [6, 6.07) is 12.6. The van der Waals surface area contributed by atoms with E-state index in [0.717, 1.165) is 10.7 Å². The highest BCUT2D eigenvalue weighted by molar-refractivity contribution is 5.94. The summed E-state index contributed by atoms with van der Waals surface area (Å²) >= 11 is 0. The van der Waals surface area contributed by atoms with Crippen LogP contribution in [-0.4, -0.2) is 64.1 Å². The highest BCUT2D eigenvalue weighted by Gasteiger charge is 2.33. The second kappa shape index (κ2) is 9.64. The van der Waals surface area contributed by atoms with Gasteiger partial charge < -0.3 is 10.2 Å². The van der Waals surface area contributed by atoms with Crippen LogP contribution in [0.1, 0.15) is 16.1 Å². The van der Waals surface area contributed by atoms with Crippen molar-refractivity contribution in [3.05, 3.63) is 77.9 Å². The van der Waals surface area contributed by atoms with Crippen molar-refractivity contribution in [2.45, 2.75) is 6.18 Å². The number of carbonyl (C=O) groups is 2. The number of hydrogen-bond acceptors (Lipinski definition) is 4. The number of nitrogens with zero attached hydrogens (tertiary/aromatic N) is 4. The highest BCUT2D eigenvalue weighted by Crippen LogP contribution is 2.28. The molecule has 2 heterocycles. The van der Waals surface area contributed by atoms with Crippen molar-refractivity contribution < 1.29 is 27.2 Å². The van der Waals surface area contributed by atoms with Gasteiger partial charge in [-0.15, -0.1) is 0 Å². The van der Waals surface area contributed by atoms with Crippen LogP contribution in [-0.2, 0) is 11.0 Å². The monoisotopic (exact) mass is 475 g/mol. The van der Waals surface area contributed by atoms with Gasteiger partial charge in [-0.2, -0.15) is 18.3 Å². The summed E-state index contributed by atoms with van der Waals surface area (Å²) in [5, 5.41) is 6.23. The Balaban J connectivity index is 1.28. The third kappa shape index (κ3) is 5.60. The van der Waals surface area contributed by atoms with Crippen LogP contribution in [0.3, 0.4) is 0 Å². The van der Waals surface area contributed by atoms with Crippen molar-refractivity contribution in [1.82, 2.24) is 19.6 Å². The zero-order valence-electron chi connectivity index (χ0n) is 17.9. The van der Waals surface area contributed by atoms with E-state index in [1.54, 1.807) is 17.0 Å². The second-order valence-corrected chi connectivity index (χ2v) is 7.81. The van der Waals surface area contributed by atoms with E-state index in [0.29, 0.717) is 43.1 Å². The molecule has 0 unspecified atom stereocenters. The lowest BCUT2D eigenvalue weighted by atomic mass is 10.1. The number of nitrogens with one attached hydrogen (secondary N) is 1. The molecule has 0 saturated carbocycles. The minimum absolute atomic E-state index is 0.151. The predicted molar refractivity (Wildman–Crippen MR) is 116 cm³/mol. The standard InChI is InChI=1S/C23H21F4N5O2/c24-17-3-5-18(6-4-17)28-21(33)15-30-11-13-31(14-12-30)22(34)16-1-7-19(8-2-16)32-10-9-20(29-32)23(25,26)27/h1-10H,11-15H2,(H,28,33). The molecule has 1 aliphatic rings. The Labute approximate surface area is 192 Å². The zero-order chi connectivity index (χ0) is 24.3. The molecule has 1 aliphatic heterocycles. The minimum Gasteiger partial charge on any atom is -0.336 e. The Morgan fingerprint density at radius 3 is 2.15 bits per heavy atom. The quantitative estimate of drug-likeness (QED) is 0.575. The number of aromatic nitrogens is 2. The maximum absolute atomic E-state index is 13.0. The molecule has 1 saturated heterocycles. The van der Waals surface area contributed by atoms with E-state index in [2.05, 4.69) is 10.4 Å². The number of hydrogen-bond donors (Lipinski definition) is 1. The molecule has 2 aromatic carbocycles. The Morgan fingerprint density at radius 2 is 1.56 bits per heavy atom. The maximum Gasteiger partial charge on any atom is 0.435 e. The van der Waals surface area contributed by atoms with E-state index >= 15 is 0 Å². The normalized spacial score (nSPS) is 14.8. The van der Waals surface area contributed by atoms with E-state index in [4.69, 9.17) is 0 Å². The number of piperazine rings is 1. The van der Waals surface area contributed by atoms with E-state index in [-0.39, 0.29) is 24.2 Å². The van der Waals surface area contributed by atoms with Gasteiger partial charge in [-0.3, -0.25) is 14.5 Å². The summed E-state index contributed by atoms with van der Waals surface area (Å²) in [5.41, 5.74) is 0.337. The summed E-state index contributed by atoms with van der Waals surface area (Å²) in [4.78, 5) is 28.6. The SMILES string of the molecule is O=C(CN1CCN(C(=O)c2ccc(-n3ccc(C(F)(F)F)n3)cc2)CC1)Nc1ccc(F)cc1. The highest BCUT2D eigenvalue weighted by atomic mass is 19.4. The first-order valence-corrected chi connectivity index (χ1v) is 10.5. The van der Waals surface area contributed by atoms with Gasteiger partial charge in [-0.1, -0.05) is 0 Å². The van der Waals surface area contributed by atoms with Crippen molar-refractivity contribution in [2.75, 3.05) is 38.0 Å². The van der Waals surface area contributed by atoms with Crippen molar-refractivity contribution in [3.63, 3.8) is 0 Å². The Hall–Kier alpha value is -3.73. The van der Waals surface area contributed by atoms with Crippen molar-refractivity contribution in [1.29, 1.82) is 0 Å². The Morgan fingerprint density at radius 1 is 0.912 bits per heavy atom. The minimum atomic E-state index is -4.52. The van der Waals surface area contributed by atoms with Gasteiger partial charge in [0.25, 0.3) is 5.91 Å². The summed E-state index contributed by atoms with van der Waals surface area (Å²) in [6.45, 7) is 2.03. The van der Waals surface area contributed by atoms with Gasteiger partial charge in [-0.25, -0.2) is 9.07 Å². The number of amides is 2. The van der Waals surface area contributed by atoms with E-state index in [9.17, 15) is 27.2 Å². The molecule has 4 rings (SSSR count). The third-order valence-electron chi connectivity index (χ3n) is 5.41. The molecule has 0 spiro atoms. The first kappa shape index (κ1) is 23.4. The molecule has 178 valence electrons. The number of halogens is 4. The van der Waals surface area contributed by atoms with Crippen molar-refractivity contribution in [3.8, 4) is 5.69 Å². The molecule has 1 aromatic heterocycles. The molecule has 0 radical (unpaired) electrons. The van der Waals surface area contributed by atoms with E-state index in [1.807, 2.05) is 4.90 Å². The van der Waals surface area contributed by atoms with Gasteiger partial charge in [0.2, 0.25) is 5.91 Å². The smallest absolute Gasteiger partial charge is 0.336 e. The van der Waals surface area contributed by atoms with Crippen LogP contribution in [0.5, 0.6) is 0 Å². The van der Waals surface area contributed by atoms with Crippen LogP contribution < -0.4 is 5.32 Å². The van der Waals surface area contributed by atoms with Crippen LogP contribution >= 0.6 is 0 Å². The maximum atomic E-state index is 13.0. The summed E-state index contributed by atoms with van der Waals surface area (Å²) in [5.74, 6) is -0.807. The summed E-state index contributed by atoms with van der Waals surface area (Å²) in [7, 11) is 0. The molecule has 2 amide bonds. The predicted octanol–water partition coefficient (Wildman–Crippen LogP) is 3.43. The molecular formula is C23H21F4N5O2. The Kier molecular flexibility index (Phi) is 6.64. The molecule has 0 aliphatic carbocycles. The topological polar surface area (TPSA) is 70.5 Å². The number of rotatable bonds is 5. The van der Waals surface area contributed by atoms with Crippen LogP contribution in [0.2, 0.25) is 0 Å². The third-order valence-corrected chi connectivity index (χ3v) is 5.41. The first-order chi connectivity index (χ1) is 16.2. The largest absolute Gasteiger partial charge is 0.435 e. The molecule has 1 fully saturated rings. The molecule has 3 aromatic rings. The van der Waals surface area contributed by atoms with Crippen LogP contribution in [0.25, 0.3) is 5.69 Å². The van der Waals surface area contributed by atoms with Gasteiger partial charge in [0.15, 0.2) is 5.69 Å². The van der Waals surface area contributed by atoms with Crippen molar-refractivity contribution in [2.24, 2.45) is 0 Å². The fourth-order valence-electron chi connectivity index (χ4n) is 3.60. The van der Waals surface area contributed by atoms with Crippen molar-refractivity contribution >= 4 is 17.5 Å². The molecule has 0 bridgehead atoms. The first-order valence-electron chi connectivity index (χ1n) is 10.5. The lowest BCUT2D eigenvalue weighted by molar-refractivity contribution is -0.141. The van der Waals surface area contributed by atoms with Gasteiger partial charge >= 0.3 is 6.18 Å². The Bertz CT molecular complexity index is 1150. The van der Waals surface area contributed by atoms with Crippen LogP contribution in [0.4, 0.5) is 23.2 Å². The van der Waals surface area contributed by atoms with E-state index in [1.165, 1.54) is 42.6 Å². The van der Waals surface area contributed by atoms with Gasteiger partial charge in [0.1, 0.15) is 5.82 Å². The van der Waals surface area contributed by atoms with Gasteiger partial charge in [0.05, 0.1) is 12.2 Å². The molecule has 11 heteroatoms. The van der Waals surface area contributed by atoms with Crippen LogP contribution in [0, 0.1) is 5.82 Å². The van der Waals surface area contributed by atoms with E-state index < -0.39 is 11.9 Å². The van der Waals surface area contributed by atoms with Crippen LogP contribution in [0.15, 0.2) is 60.8 Å². The fourth-order valence-corrected chi connectivity index (χ4v) is 3.60. The molecule has 1 N–H and O–H groups in total. The average Bonchev–Trinajstić information content (AvgIpc) is 3.32. The second-order valence-electron chi connectivity index (χ2n) is 7.81. The fraction of sp³-hybridized carbons (Fsp3) is 0.261. The number of alkyl halides is 3. The zero-order valence-corrected chi connectivity index (χ0v) is 17.9. The number of benzene rings is 2. The number of anilines is 1. The lowest BCUT2D eigenvalue weighted by Crippen LogP contribution is -2.50. The molecular weight excluding hydrogens is 454 g/mol. The molecule has 34 heavy (non-hydrogen) atoms. The lowest BCUT2D eigenvalue weighted by Gasteiger charge is -2.34. The summed E-state index contributed by atoms with van der Waals surface area (Å²) in [6.07, 6.45) is -3.31.